The highest BCUT2D eigenvalue weighted by Gasteiger charge is 2.47. The van der Waals surface area contributed by atoms with Gasteiger partial charge in [-0.1, -0.05) is 38.5 Å². The van der Waals surface area contributed by atoms with E-state index in [1.807, 2.05) is 32.0 Å². The summed E-state index contributed by atoms with van der Waals surface area (Å²) < 4.78 is 10.1. The molecule has 2 unspecified atom stereocenters. The molecule has 1 N–H and O–H groups in total. The number of hydrogen-bond acceptors (Lipinski definition) is 4. The fourth-order valence-corrected chi connectivity index (χ4v) is 2.51. The van der Waals surface area contributed by atoms with Crippen molar-refractivity contribution >= 4 is 5.97 Å². The van der Waals surface area contributed by atoms with Crippen LogP contribution in [0.15, 0.2) is 18.2 Å². The molecule has 2 atom stereocenters. The quantitative estimate of drug-likeness (QED) is 0.842. The topological polar surface area (TPSA) is 55.8 Å². The Hall–Kier alpha value is -1.55. The third-order valence-electron chi connectivity index (χ3n) is 3.90. The lowest BCUT2D eigenvalue weighted by Gasteiger charge is -2.35. The maximum atomic E-state index is 12.1. The zero-order chi connectivity index (χ0) is 15.5. The molecule has 0 amide bonds. The molecule has 0 heterocycles. The van der Waals surface area contributed by atoms with Gasteiger partial charge in [0.05, 0.1) is 14.2 Å². The van der Waals surface area contributed by atoms with E-state index in [2.05, 4.69) is 0 Å². The minimum Gasteiger partial charge on any atom is -0.496 e. The van der Waals surface area contributed by atoms with Gasteiger partial charge in [0.1, 0.15) is 5.75 Å². The van der Waals surface area contributed by atoms with Crippen LogP contribution in [0.3, 0.4) is 0 Å². The van der Waals surface area contributed by atoms with Crippen LogP contribution in [-0.2, 0) is 9.53 Å². The lowest BCUT2D eigenvalue weighted by molar-refractivity contribution is -0.170. The molecule has 0 spiro atoms. The Kier molecular flexibility index (Phi) is 5.17. The smallest absolute Gasteiger partial charge is 0.338 e. The summed E-state index contributed by atoms with van der Waals surface area (Å²) in [6.07, 6.45) is 0. The minimum atomic E-state index is -1.59. The summed E-state index contributed by atoms with van der Waals surface area (Å²) in [4.78, 5) is 12.1. The maximum Gasteiger partial charge on any atom is 0.338 e. The van der Waals surface area contributed by atoms with E-state index in [1.165, 1.54) is 7.11 Å². The van der Waals surface area contributed by atoms with E-state index in [9.17, 15) is 9.90 Å². The molecule has 1 aromatic rings. The third kappa shape index (κ3) is 2.80. The number of benzene rings is 1. The van der Waals surface area contributed by atoms with E-state index >= 15 is 0 Å². The number of ether oxygens (including phenoxy) is 2. The molecule has 4 heteroatoms. The minimum absolute atomic E-state index is 0.282. The highest BCUT2D eigenvalue weighted by molar-refractivity contribution is 5.81. The van der Waals surface area contributed by atoms with E-state index in [0.717, 1.165) is 11.1 Å². The number of rotatable bonds is 5. The molecule has 0 aliphatic carbocycles. The molecule has 0 aliphatic rings. The number of hydrogen-bond donors (Lipinski definition) is 1. The van der Waals surface area contributed by atoms with Crippen molar-refractivity contribution in [1.82, 2.24) is 0 Å². The average molecular weight is 280 g/mol. The number of aryl methyl sites for hydroxylation is 1. The van der Waals surface area contributed by atoms with Crippen molar-refractivity contribution in [3.8, 4) is 5.75 Å². The second kappa shape index (κ2) is 6.27. The van der Waals surface area contributed by atoms with Crippen molar-refractivity contribution in [3.63, 3.8) is 0 Å². The first-order valence-electron chi connectivity index (χ1n) is 6.74. The molecule has 1 rings (SSSR count). The average Bonchev–Trinajstić information content (AvgIpc) is 2.44. The Bertz CT molecular complexity index is 481. The van der Waals surface area contributed by atoms with Gasteiger partial charge in [0, 0.05) is 11.5 Å². The summed E-state index contributed by atoms with van der Waals surface area (Å²) in [5.41, 5.74) is 0.258. The van der Waals surface area contributed by atoms with Crippen LogP contribution in [0.4, 0.5) is 0 Å². The largest absolute Gasteiger partial charge is 0.496 e. The van der Waals surface area contributed by atoms with Gasteiger partial charge < -0.3 is 14.6 Å². The Labute approximate surface area is 120 Å². The van der Waals surface area contributed by atoms with Gasteiger partial charge in [0.25, 0.3) is 0 Å². The van der Waals surface area contributed by atoms with E-state index in [1.54, 1.807) is 21.0 Å². The van der Waals surface area contributed by atoms with Gasteiger partial charge in [-0.2, -0.15) is 0 Å². The predicted molar refractivity (Wildman–Crippen MR) is 77.9 cm³/mol. The van der Waals surface area contributed by atoms with Crippen LogP contribution in [-0.4, -0.2) is 30.9 Å². The number of methoxy groups -OCH3 is 2. The highest BCUT2D eigenvalue weighted by atomic mass is 16.5. The molecule has 1 aromatic carbocycles. The third-order valence-corrected chi connectivity index (χ3v) is 3.90. The second-order valence-corrected chi connectivity index (χ2v) is 5.44. The van der Waals surface area contributed by atoms with Crippen molar-refractivity contribution in [2.75, 3.05) is 14.2 Å². The lowest BCUT2D eigenvalue weighted by atomic mass is 9.75. The molecule has 0 aliphatic heterocycles. The van der Waals surface area contributed by atoms with Crippen LogP contribution in [0.1, 0.15) is 37.8 Å². The van der Waals surface area contributed by atoms with E-state index in [4.69, 9.17) is 9.47 Å². The van der Waals surface area contributed by atoms with Gasteiger partial charge in [0.2, 0.25) is 0 Å². The van der Waals surface area contributed by atoms with Crippen LogP contribution in [0, 0.1) is 12.8 Å². The van der Waals surface area contributed by atoms with Crippen molar-refractivity contribution in [3.05, 3.63) is 29.3 Å². The van der Waals surface area contributed by atoms with Gasteiger partial charge in [-0.15, -0.1) is 0 Å². The Morgan fingerprint density at radius 1 is 1.25 bits per heavy atom. The normalized spacial score (nSPS) is 15.6. The monoisotopic (exact) mass is 280 g/mol. The Morgan fingerprint density at radius 2 is 1.85 bits per heavy atom. The molecule has 0 saturated carbocycles. The van der Waals surface area contributed by atoms with Crippen LogP contribution >= 0.6 is 0 Å². The summed E-state index contributed by atoms with van der Waals surface area (Å²) >= 11 is 0. The molecule has 0 bridgehead atoms. The summed E-state index contributed by atoms with van der Waals surface area (Å²) in [6, 6.07) is 5.71. The van der Waals surface area contributed by atoms with Crippen molar-refractivity contribution in [2.45, 2.75) is 39.2 Å². The van der Waals surface area contributed by atoms with Crippen LogP contribution in [0.2, 0.25) is 0 Å². The zero-order valence-corrected chi connectivity index (χ0v) is 13.1. The molecule has 20 heavy (non-hydrogen) atoms. The standard InChI is InChI=1S/C16H24O4/c1-10(2)16(18,15(17)20-6)12(4)13-9-11(3)7-8-14(13)19-5/h7-10,12,18H,1-6H3. The molecule has 0 aromatic heterocycles. The lowest BCUT2D eigenvalue weighted by Crippen LogP contribution is -2.49. The van der Waals surface area contributed by atoms with Gasteiger partial charge in [-0.25, -0.2) is 4.79 Å². The molecule has 112 valence electrons. The molecular weight excluding hydrogens is 256 g/mol. The second-order valence-electron chi connectivity index (χ2n) is 5.44. The summed E-state index contributed by atoms with van der Waals surface area (Å²) in [5, 5.41) is 10.9. The SMILES string of the molecule is COC(=O)C(O)(C(C)C)C(C)c1cc(C)ccc1OC. The van der Waals surface area contributed by atoms with E-state index in [-0.39, 0.29) is 5.92 Å². The molecule has 0 saturated heterocycles. The Morgan fingerprint density at radius 3 is 2.30 bits per heavy atom. The van der Waals surface area contributed by atoms with Crippen LogP contribution in [0.5, 0.6) is 5.75 Å². The number of carbonyl (C=O) groups is 1. The highest BCUT2D eigenvalue weighted by Crippen LogP contribution is 2.39. The molecule has 0 fully saturated rings. The van der Waals surface area contributed by atoms with Crippen LogP contribution in [0.25, 0.3) is 0 Å². The molecule has 0 radical (unpaired) electrons. The summed E-state index contributed by atoms with van der Waals surface area (Å²) in [6.45, 7) is 7.38. The first-order valence-corrected chi connectivity index (χ1v) is 6.74. The van der Waals surface area contributed by atoms with Crippen molar-refractivity contribution in [2.24, 2.45) is 5.92 Å². The fourth-order valence-electron chi connectivity index (χ4n) is 2.51. The van der Waals surface area contributed by atoms with Gasteiger partial charge in [0.15, 0.2) is 5.60 Å². The first-order chi connectivity index (χ1) is 9.28. The van der Waals surface area contributed by atoms with Gasteiger partial charge in [-0.05, 0) is 18.9 Å². The van der Waals surface area contributed by atoms with E-state index in [0.29, 0.717) is 5.75 Å². The zero-order valence-electron chi connectivity index (χ0n) is 13.1. The summed E-state index contributed by atoms with van der Waals surface area (Å²) in [7, 11) is 2.86. The van der Waals surface area contributed by atoms with Gasteiger partial charge in [-0.3, -0.25) is 0 Å². The number of esters is 1. The Balaban J connectivity index is 3.36. The van der Waals surface area contributed by atoms with E-state index < -0.39 is 17.5 Å². The summed E-state index contributed by atoms with van der Waals surface area (Å²) in [5.74, 6) is -0.686. The fraction of sp³-hybridized carbons (Fsp3) is 0.562. The van der Waals surface area contributed by atoms with Crippen LogP contribution < -0.4 is 4.74 Å². The predicted octanol–water partition coefficient (Wildman–Crippen LogP) is 2.67. The number of carbonyl (C=O) groups excluding carboxylic acids is 1. The molecular formula is C16H24O4. The maximum absolute atomic E-state index is 12.1. The van der Waals surface area contributed by atoms with Crippen molar-refractivity contribution < 1.29 is 19.4 Å². The van der Waals surface area contributed by atoms with Gasteiger partial charge >= 0.3 is 5.97 Å². The van der Waals surface area contributed by atoms with Crippen molar-refractivity contribution in [1.29, 1.82) is 0 Å². The molecule has 4 nitrogen and oxygen atoms in total. The first kappa shape index (κ1) is 16.5. The number of aliphatic hydroxyl groups is 1.